The Balaban J connectivity index is 1.90. The maximum atomic E-state index is 13.7. The van der Waals surface area contributed by atoms with E-state index in [1.807, 2.05) is 63.5 Å². The highest BCUT2D eigenvalue weighted by Gasteiger charge is 2.21. The number of nitrogen functional groups attached to an aromatic ring is 1. The van der Waals surface area contributed by atoms with Gasteiger partial charge in [0.05, 0.1) is 21.8 Å². The molecule has 0 bridgehead atoms. The van der Waals surface area contributed by atoms with Crippen LogP contribution in [0, 0.1) is 0 Å². The van der Waals surface area contributed by atoms with E-state index in [9.17, 15) is 4.79 Å². The second kappa shape index (κ2) is 9.19. The summed E-state index contributed by atoms with van der Waals surface area (Å²) in [6.07, 6.45) is 0. The van der Waals surface area contributed by atoms with Crippen LogP contribution in [0.5, 0.6) is 0 Å². The minimum atomic E-state index is -0.223. The highest BCUT2D eigenvalue weighted by molar-refractivity contribution is 7.99. The summed E-state index contributed by atoms with van der Waals surface area (Å²) in [6.45, 7) is 6.20. The third-order valence-electron chi connectivity index (χ3n) is 5.25. The van der Waals surface area contributed by atoms with Gasteiger partial charge in [-0.05, 0) is 36.6 Å². The number of benzene rings is 2. The largest absolute Gasteiger partial charge is 0.368 e. The molecule has 0 amide bonds. The van der Waals surface area contributed by atoms with Crippen molar-refractivity contribution in [1.29, 1.82) is 0 Å². The summed E-state index contributed by atoms with van der Waals surface area (Å²) >= 11 is 1.42. The van der Waals surface area contributed by atoms with E-state index in [2.05, 4.69) is 34.9 Å². The van der Waals surface area contributed by atoms with Crippen LogP contribution in [0.25, 0.3) is 16.6 Å². The molecule has 33 heavy (non-hydrogen) atoms. The van der Waals surface area contributed by atoms with Crippen molar-refractivity contribution < 1.29 is 0 Å². The fraction of sp³-hybridized carbons (Fsp3) is 0.292. The number of para-hydroxylation sites is 2. The molecule has 0 saturated heterocycles. The Morgan fingerprint density at radius 3 is 2.36 bits per heavy atom. The molecule has 1 atom stereocenters. The number of anilines is 2. The molecule has 0 aliphatic carbocycles. The van der Waals surface area contributed by atoms with Crippen molar-refractivity contribution in [3.63, 3.8) is 0 Å². The van der Waals surface area contributed by atoms with Crippen molar-refractivity contribution in [3.8, 4) is 5.69 Å². The summed E-state index contributed by atoms with van der Waals surface area (Å²) in [5.74, 6) is 1.41. The Labute approximate surface area is 196 Å². The molecule has 1 unspecified atom stereocenters. The number of hydrogen-bond donors (Lipinski definition) is 1. The van der Waals surface area contributed by atoms with Gasteiger partial charge >= 0.3 is 0 Å². The van der Waals surface area contributed by atoms with Crippen molar-refractivity contribution in [3.05, 3.63) is 70.3 Å². The molecular formula is C24H27N7OS. The predicted molar refractivity (Wildman–Crippen MR) is 134 cm³/mol. The van der Waals surface area contributed by atoms with Gasteiger partial charge in [-0.25, -0.2) is 4.98 Å². The van der Waals surface area contributed by atoms with Crippen LogP contribution in [0.4, 0.5) is 11.9 Å². The number of fused-ring (bicyclic) bond motifs is 1. The van der Waals surface area contributed by atoms with Gasteiger partial charge in [0.2, 0.25) is 11.9 Å². The van der Waals surface area contributed by atoms with Crippen LogP contribution in [-0.2, 0) is 0 Å². The fourth-order valence-electron chi connectivity index (χ4n) is 3.57. The van der Waals surface area contributed by atoms with Crippen LogP contribution in [0.1, 0.15) is 43.3 Å². The number of rotatable bonds is 6. The minimum Gasteiger partial charge on any atom is -0.368 e. The number of thioether (sulfide) groups is 1. The van der Waals surface area contributed by atoms with Gasteiger partial charge in [0.15, 0.2) is 5.16 Å². The molecule has 170 valence electrons. The zero-order chi connectivity index (χ0) is 23.7. The average Bonchev–Trinajstić information content (AvgIpc) is 2.79. The molecule has 9 heteroatoms. The van der Waals surface area contributed by atoms with E-state index >= 15 is 0 Å². The second-order valence-electron chi connectivity index (χ2n) is 8.27. The molecule has 0 fully saturated rings. The van der Waals surface area contributed by atoms with Crippen LogP contribution in [-0.4, -0.2) is 38.6 Å². The lowest BCUT2D eigenvalue weighted by Gasteiger charge is -2.20. The van der Waals surface area contributed by atoms with E-state index in [1.54, 1.807) is 9.47 Å². The number of hydrogen-bond acceptors (Lipinski definition) is 8. The van der Waals surface area contributed by atoms with Crippen molar-refractivity contribution >= 4 is 34.6 Å². The Hall–Kier alpha value is -3.46. The summed E-state index contributed by atoms with van der Waals surface area (Å²) in [5.41, 5.74) is 8.38. The van der Waals surface area contributed by atoms with Crippen molar-refractivity contribution in [2.45, 2.75) is 37.1 Å². The van der Waals surface area contributed by atoms with Gasteiger partial charge in [-0.2, -0.15) is 15.0 Å². The molecule has 4 rings (SSSR count). The Kier molecular flexibility index (Phi) is 6.33. The first-order chi connectivity index (χ1) is 15.8. The minimum absolute atomic E-state index is 0.104. The molecule has 8 nitrogen and oxygen atoms in total. The van der Waals surface area contributed by atoms with Crippen LogP contribution >= 0.6 is 11.8 Å². The maximum Gasteiger partial charge on any atom is 0.266 e. The summed E-state index contributed by atoms with van der Waals surface area (Å²) in [7, 11) is 3.70. The van der Waals surface area contributed by atoms with Gasteiger partial charge in [0.1, 0.15) is 5.82 Å². The van der Waals surface area contributed by atoms with Crippen LogP contribution < -0.4 is 16.2 Å². The zero-order valence-electron chi connectivity index (χ0n) is 19.4. The molecule has 2 aromatic heterocycles. The highest BCUT2D eigenvalue weighted by atomic mass is 32.2. The Morgan fingerprint density at radius 2 is 1.64 bits per heavy atom. The predicted octanol–water partition coefficient (Wildman–Crippen LogP) is 4.20. The van der Waals surface area contributed by atoms with Crippen LogP contribution in [0.15, 0.2) is 58.5 Å². The van der Waals surface area contributed by atoms with Crippen LogP contribution in [0.3, 0.4) is 0 Å². The van der Waals surface area contributed by atoms with Crippen molar-refractivity contribution in [2.24, 2.45) is 0 Å². The molecule has 0 aliphatic rings. The topological polar surface area (TPSA) is 103 Å². The molecular weight excluding hydrogens is 434 g/mol. The quantitative estimate of drug-likeness (QED) is 0.337. The second-order valence-corrected chi connectivity index (χ2v) is 9.58. The smallest absolute Gasteiger partial charge is 0.266 e. The molecule has 0 saturated carbocycles. The van der Waals surface area contributed by atoms with Crippen molar-refractivity contribution in [1.82, 2.24) is 24.5 Å². The normalized spacial score (nSPS) is 12.3. The first-order valence-corrected chi connectivity index (χ1v) is 11.6. The molecule has 0 radical (unpaired) electrons. The maximum absolute atomic E-state index is 13.7. The van der Waals surface area contributed by atoms with E-state index < -0.39 is 0 Å². The molecule has 0 aliphatic heterocycles. The highest BCUT2D eigenvalue weighted by Crippen LogP contribution is 2.35. The molecule has 2 heterocycles. The average molecular weight is 462 g/mol. The number of nitrogens with zero attached hydrogens (tertiary/aromatic N) is 6. The van der Waals surface area contributed by atoms with Gasteiger partial charge in [0.25, 0.3) is 5.56 Å². The van der Waals surface area contributed by atoms with Gasteiger partial charge in [-0.15, -0.1) is 0 Å². The zero-order valence-corrected chi connectivity index (χ0v) is 20.2. The van der Waals surface area contributed by atoms with Gasteiger partial charge in [-0.3, -0.25) is 9.36 Å². The number of aromatic nitrogens is 5. The standard InChI is InChI=1S/C24H27N7OS/c1-14(2)16-10-7-9-13-19(16)31-21(32)17-11-6-8-12-18(17)26-24(31)33-15(3)20-27-22(25)29-23(28-20)30(4)5/h6-15H,1-5H3,(H2,25,27,28,29). The van der Waals surface area contributed by atoms with E-state index in [0.717, 1.165) is 11.3 Å². The molecule has 0 spiro atoms. The Bertz CT molecular complexity index is 1370. The fourth-order valence-corrected chi connectivity index (χ4v) is 4.54. The molecule has 2 N–H and O–H groups in total. The van der Waals surface area contributed by atoms with Crippen molar-refractivity contribution in [2.75, 3.05) is 24.7 Å². The SMILES string of the molecule is CC(C)c1ccccc1-n1c(SC(C)c2nc(N)nc(N(C)C)n2)nc2ccccc2c1=O. The summed E-state index contributed by atoms with van der Waals surface area (Å²) in [4.78, 5) is 33.4. The lowest BCUT2D eigenvalue weighted by molar-refractivity contribution is 0.774. The van der Waals surface area contributed by atoms with E-state index in [1.165, 1.54) is 11.8 Å². The van der Waals surface area contributed by atoms with Gasteiger partial charge < -0.3 is 10.6 Å². The third-order valence-corrected chi connectivity index (χ3v) is 6.30. The summed E-state index contributed by atoms with van der Waals surface area (Å²) in [5, 5.41) is 0.927. The van der Waals surface area contributed by atoms with E-state index in [-0.39, 0.29) is 22.7 Å². The third kappa shape index (κ3) is 4.54. The lowest BCUT2D eigenvalue weighted by atomic mass is 10.0. The first-order valence-electron chi connectivity index (χ1n) is 10.7. The summed E-state index contributed by atoms with van der Waals surface area (Å²) < 4.78 is 1.70. The monoisotopic (exact) mass is 461 g/mol. The molecule has 4 aromatic rings. The van der Waals surface area contributed by atoms with Crippen LogP contribution in [0.2, 0.25) is 0 Å². The molecule has 2 aromatic carbocycles. The first kappa shape index (κ1) is 22.7. The van der Waals surface area contributed by atoms with E-state index in [0.29, 0.717) is 27.8 Å². The van der Waals surface area contributed by atoms with Gasteiger partial charge in [-0.1, -0.05) is 55.9 Å². The van der Waals surface area contributed by atoms with E-state index in [4.69, 9.17) is 10.7 Å². The number of nitrogens with two attached hydrogens (primary N) is 1. The lowest BCUT2D eigenvalue weighted by Crippen LogP contribution is -2.23. The Morgan fingerprint density at radius 1 is 0.939 bits per heavy atom. The van der Waals surface area contributed by atoms with Gasteiger partial charge in [0, 0.05) is 14.1 Å². The summed E-state index contributed by atoms with van der Waals surface area (Å²) in [6, 6.07) is 15.4.